The number of hydrogen-bond acceptors (Lipinski definition) is 2. The largest absolute Gasteiger partial charge is 1.00 e. The summed E-state index contributed by atoms with van der Waals surface area (Å²) in [7, 11) is 0. The molecule has 0 saturated carbocycles. The molecule has 0 radical (unpaired) electrons. The molecular formula is C13H21BrN2OS. The van der Waals surface area contributed by atoms with Gasteiger partial charge in [0.2, 0.25) is 12.1 Å². The number of hydrogen-bond donors (Lipinski definition) is 0. The van der Waals surface area contributed by atoms with Crippen molar-refractivity contribution in [2.75, 3.05) is 13.1 Å². The fourth-order valence-electron chi connectivity index (χ4n) is 2.45. The van der Waals surface area contributed by atoms with Crippen LogP contribution in [0.5, 0.6) is 0 Å². The zero-order valence-corrected chi connectivity index (χ0v) is 13.5. The molecule has 2 heterocycles. The van der Waals surface area contributed by atoms with Crippen LogP contribution in [0.4, 0.5) is 0 Å². The fourth-order valence-corrected chi connectivity index (χ4v) is 3.47. The van der Waals surface area contributed by atoms with Gasteiger partial charge < -0.3 is 21.9 Å². The Morgan fingerprint density at radius 3 is 2.56 bits per heavy atom. The molecule has 1 aromatic rings. The van der Waals surface area contributed by atoms with Crippen LogP contribution in [0.25, 0.3) is 0 Å². The summed E-state index contributed by atoms with van der Waals surface area (Å²) in [5, 5.41) is 0. The van der Waals surface area contributed by atoms with E-state index in [-0.39, 0.29) is 22.9 Å². The highest BCUT2D eigenvalue weighted by Gasteiger charge is 2.24. The van der Waals surface area contributed by atoms with Crippen molar-refractivity contribution in [1.82, 2.24) is 4.90 Å². The van der Waals surface area contributed by atoms with E-state index in [2.05, 4.69) is 23.9 Å². The number of halogens is 1. The Balaban J connectivity index is 0.00000162. The van der Waals surface area contributed by atoms with Crippen LogP contribution in [-0.4, -0.2) is 23.9 Å². The van der Waals surface area contributed by atoms with Gasteiger partial charge >= 0.3 is 0 Å². The first kappa shape index (κ1) is 15.6. The minimum Gasteiger partial charge on any atom is -1.00 e. The van der Waals surface area contributed by atoms with Crippen LogP contribution in [-0.2, 0) is 24.2 Å². The third kappa shape index (κ3) is 3.32. The van der Waals surface area contributed by atoms with Crippen LogP contribution in [0.2, 0.25) is 0 Å². The summed E-state index contributed by atoms with van der Waals surface area (Å²) in [6.07, 6.45) is 4.42. The topological polar surface area (TPSA) is 24.2 Å². The molecule has 2 rings (SSSR count). The summed E-state index contributed by atoms with van der Waals surface area (Å²) < 4.78 is 2.14. The molecule has 1 saturated heterocycles. The summed E-state index contributed by atoms with van der Waals surface area (Å²) in [6.45, 7) is 6.77. The number of thiazole rings is 1. The van der Waals surface area contributed by atoms with E-state index < -0.39 is 0 Å². The zero-order valence-electron chi connectivity index (χ0n) is 11.1. The van der Waals surface area contributed by atoms with Gasteiger partial charge in [-0.1, -0.05) is 25.2 Å². The van der Waals surface area contributed by atoms with Crippen LogP contribution >= 0.6 is 11.3 Å². The molecule has 102 valence electrons. The molecule has 18 heavy (non-hydrogen) atoms. The second kappa shape index (κ2) is 7.24. The molecule has 0 unspecified atom stereocenters. The molecule has 0 spiro atoms. The summed E-state index contributed by atoms with van der Waals surface area (Å²) in [6, 6.07) is 0. The van der Waals surface area contributed by atoms with Crippen LogP contribution in [0, 0.1) is 0 Å². The van der Waals surface area contributed by atoms with Gasteiger partial charge in [-0.05, 0) is 19.3 Å². The average molecular weight is 333 g/mol. The van der Waals surface area contributed by atoms with E-state index in [1.165, 1.54) is 23.4 Å². The van der Waals surface area contributed by atoms with Crippen molar-refractivity contribution in [2.45, 2.75) is 46.1 Å². The SMILES string of the molecule is CCc1sc[n+](CC(=O)N2CCCC2)c1CC.[Br-]. The van der Waals surface area contributed by atoms with Gasteiger partial charge in [-0.3, -0.25) is 4.79 Å². The molecule has 1 fully saturated rings. The first-order valence-electron chi connectivity index (χ1n) is 6.52. The molecule has 0 N–H and O–H groups in total. The Bertz CT molecular complexity index is 400. The summed E-state index contributed by atoms with van der Waals surface area (Å²) in [5.41, 5.74) is 3.44. The van der Waals surface area contributed by atoms with E-state index >= 15 is 0 Å². The molecule has 0 atom stereocenters. The van der Waals surface area contributed by atoms with E-state index in [4.69, 9.17) is 0 Å². The standard InChI is InChI=1S/C13H21N2OS.BrH/c1-3-11-12(4-2)17-10-15(11)9-13(16)14-7-5-6-8-14;/h10H,3-9H2,1-2H3;1H/q+1;/p-1. The summed E-state index contributed by atoms with van der Waals surface area (Å²) in [4.78, 5) is 15.5. The maximum absolute atomic E-state index is 12.1. The Hall–Kier alpha value is -0.420. The van der Waals surface area contributed by atoms with E-state index in [0.29, 0.717) is 6.54 Å². The Morgan fingerprint density at radius 1 is 1.33 bits per heavy atom. The van der Waals surface area contributed by atoms with Crippen molar-refractivity contribution in [3.8, 4) is 0 Å². The monoisotopic (exact) mass is 332 g/mol. The molecule has 1 aliphatic rings. The van der Waals surface area contributed by atoms with Gasteiger partial charge in [0.15, 0.2) is 5.69 Å². The molecule has 1 aromatic heterocycles. The number of likely N-dealkylation sites (tertiary alicyclic amines) is 1. The molecule has 0 aliphatic carbocycles. The van der Waals surface area contributed by atoms with E-state index in [9.17, 15) is 4.79 Å². The van der Waals surface area contributed by atoms with Crippen molar-refractivity contribution in [3.63, 3.8) is 0 Å². The Labute approximate surface area is 124 Å². The number of carbonyl (C=O) groups excluding carboxylic acids is 1. The highest BCUT2D eigenvalue weighted by molar-refractivity contribution is 7.09. The molecule has 0 aromatic carbocycles. The lowest BCUT2D eigenvalue weighted by Crippen LogP contribution is -3.00. The van der Waals surface area contributed by atoms with Gasteiger partial charge in [0.1, 0.15) is 0 Å². The fraction of sp³-hybridized carbons (Fsp3) is 0.692. The maximum atomic E-state index is 12.1. The Morgan fingerprint density at radius 2 is 2.00 bits per heavy atom. The predicted octanol–water partition coefficient (Wildman–Crippen LogP) is -1.21. The van der Waals surface area contributed by atoms with Crippen LogP contribution in [0.3, 0.4) is 0 Å². The molecule has 5 heteroatoms. The number of aromatic nitrogens is 1. The highest BCUT2D eigenvalue weighted by Crippen LogP contribution is 2.13. The first-order valence-corrected chi connectivity index (χ1v) is 7.40. The normalized spacial score (nSPS) is 14.7. The van der Waals surface area contributed by atoms with E-state index in [1.54, 1.807) is 11.3 Å². The summed E-state index contributed by atoms with van der Waals surface area (Å²) >= 11 is 1.78. The molecular weight excluding hydrogens is 312 g/mol. The lowest BCUT2D eigenvalue weighted by molar-refractivity contribution is -0.687. The van der Waals surface area contributed by atoms with Crippen molar-refractivity contribution in [3.05, 3.63) is 16.1 Å². The zero-order chi connectivity index (χ0) is 12.3. The molecule has 1 amide bonds. The molecule has 1 aliphatic heterocycles. The third-order valence-corrected chi connectivity index (χ3v) is 4.58. The third-order valence-electron chi connectivity index (χ3n) is 3.41. The van der Waals surface area contributed by atoms with Crippen molar-refractivity contribution in [1.29, 1.82) is 0 Å². The van der Waals surface area contributed by atoms with Crippen molar-refractivity contribution in [2.24, 2.45) is 0 Å². The average Bonchev–Trinajstić information content (AvgIpc) is 2.97. The second-order valence-electron chi connectivity index (χ2n) is 4.52. The Kier molecular flexibility index (Phi) is 6.29. The minimum atomic E-state index is 0. The quantitative estimate of drug-likeness (QED) is 0.635. The maximum Gasteiger partial charge on any atom is 0.288 e. The second-order valence-corrected chi connectivity index (χ2v) is 5.46. The lowest BCUT2D eigenvalue weighted by Gasteiger charge is -2.12. The number of carbonyl (C=O) groups is 1. The number of amides is 1. The summed E-state index contributed by atoms with van der Waals surface area (Å²) in [5.74, 6) is 0.280. The highest BCUT2D eigenvalue weighted by atomic mass is 79.9. The minimum absolute atomic E-state index is 0. The van der Waals surface area contributed by atoms with Crippen LogP contribution in [0.15, 0.2) is 5.51 Å². The van der Waals surface area contributed by atoms with E-state index in [1.807, 2.05) is 4.90 Å². The molecule has 3 nitrogen and oxygen atoms in total. The number of aryl methyl sites for hydroxylation is 1. The van der Waals surface area contributed by atoms with Crippen molar-refractivity contribution >= 4 is 17.2 Å². The number of nitrogens with zero attached hydrogens (tertiary/aromatic N) is 2. The predicted molar refractivity (Wildman–Crippen MR) is 69.1 cm³/mol. The van der Waals surface area contributed by atoms with Crippen LogP contribution in [0.1, 0.15) is 37.3 Å². The van der Waals surface area contributed by atoms with Crippen LogP contribution < -0.4 is 21.5 Å². The smallest absolute Gasteiger partial charge is 0.288 e. The lowest BCUT2D eigenvalue weighted by atomic mass is 10.2. The van der Waals surface area contributed by atoms with Gasteiger partial charge in [-0.25, -0.2) is 0 Å². The van der Waals surface area contributed by atoms with Gasteiger partial charge in [0.05, 0.1) is 4.88 Å². The van der Waals surface area contributed by atoms with Crippen molar-refractivity contribution < 1.29 is 26.3 Å². The van der Waals surface area contributed by atoms with Gasteiger partial charge in [0, 0.05) is 19.5 Å². The first-order chi connectivity index (χ1) is 8.26. The van der Waals surface area contributed by atoms with Gasteiger partial charge in [-0.2, -0.15) is 4.57 Å². The van der Waals surface area contributed by atoms with E-state index in [0.717, 1.165) is 25.9 Å². The van der Waals surface area contributed by atoms with Gasteiger partial charge in [-0.15, -0.1) is 0 Å². The molecule has 0 bridgehead atoms. The number of rotatable bonds is 4. The van der Waals surface area contributed by atoms with Gasteiger partial charge in [0.25, 0.3) is 5.91 Å².